The van der Waals surface area contributed by atoms with Gasteiger partial charge >= 0.3 is 0 Å². The van der Waals surface area contributed by atoms with E-state index >= 15 is 0 Å². The second-order valence-corrected chi connectivity index (χ2v) is 6.20. The van der Waals surface area contributed by atoms with Crippen molar-refractivity contribution in [2.45, 2.75) is 32.2 Å². The third kappa shape index (κ3) is 2.00. The zero-order valence-corrected chi connectivity index (χ0v) is 11.8. The van der Waals surface area contributed by atoms with Gasteiger partial charge < -0.3 is 5.32 Å². The van der Waals surface area contributed by atoms with Gasteiger partial charge in [0.05, 0.1) is 6.04 Å². The molecule has 0 saturated carbocycles. The van der Waals surface area contributed by atoms with Crippen molar-refractivity contribution in [3.8, 4) is 0 Å². The van der Waals surface area contributed by atoms with Crippen LogP contribution in [0.3, 0.4) is 0 Å². The van der Waals surface area contributed by atoms with Crippen LogP contribution in [0.4, 0.5) is 0 Å². The molecule has 0 aliphatic heterocycles. The molecule has 3 rings (SSSR count). The van der Waals surface area contributed by atoms with E-state index in [2.05, 4.69) is 49.6 Å². The Hall–Kier alpha value is -1.12. The van der Waals surface area contributed by atoms with Crippen molar-refractivity contribution in [2.75, 3.05) is 7.05 Å². The van der Waals surface area contributed by atoms with Gasteiger partial charge in [0.15, 0.2) is 0 Å². The Labute approximate surface area is 113 Å². The van der Waals surface area contributed by atoms with Crippen molar-refractivity contribution < 1.29 is 0 Å². The molecule has 1 heterocycles. The van der Waals surface area contributed by atoms with E-state index in [4.69, 9.17) is 0 Å². The first-order chi connectivity index (χ1) is 8.79. The monoisotopic (exact) mass is 257 g/mol. The van der Waals surface area contributed by atoms with Crippen LogP contribution in [0.2, 0.25) is 0 Å². The van der Waals surface area contributed by atoms with Gasteiger partial charge in [-0.05, 0) is 56.0 Å². The van der Waals surface area contributed by atoms with Crippen molar-refractivity contribution in [3.63, 3.8) is 0 Å². The second kappa shape index (κ2) is 4.87. The van der Waals surface area contributed by atoms with Gasteiger partial charge in [-0.3, -0.25) is 0 Å². The van der Waals surface area contributed by atoms with E-state index < -0.39 is 0 Å². The van der Waals surface area contributed by atoms with Gasteiger partial charge in [-0.2, -0.15) is 0 Å². The van der Waals surface area contributed by atoms with Gasteiger partial charge in [0.1, 0.15) is 0 Å². The molecule has 1 nitrogen and oxygen atoms in total. The first-order valence-corrected chi connectivity index (χ1v) is 7.45. The maximum absolute atomic E-state index is 3.47. The number of nitrogens with one attached hydrogen (secondary N) is 1. The van der Waals surface area contributed by atoms with Crippen molar-refractivity contribution in [1.82, 2.24) is 5.32 Å². The molecular weight excluding hydrogens is 238 g/mol. The predicted molar refractivity (Wildman–Crippen MR) is 78.4 cm³/mol. The molecule has 0 spiro atoms. The highest BCUT2D eigenvalue weighted by atomic mass is 32.1. The third-order valence-corrected chi connectivity index (χ3v) is 5.14. The first-order valence-electron chi connectivity index (χ1n) is 6.64. The average Bonchev–Trinajstić information content (AvgIpc) is 2.93. The summed E-state index contributed by atoms with van der Waals surface area (Å²) in [7, 11) is 2.06. The summed E-state index contributed by atoms with van der Waals surface area (Å²) in [6.07, 6.45) is 3.90. The van der Waals surface area contributed by atoms with E-state index in [0.29, 0.717) is 6.04 Å². The lowest BCUT2D eigenvalue weighted by Crippen LogP contribution is -2.17. The maximum atomic E-state index is 3.47. The molecule has 2 heteroatoms. The summed E-state index contributed by atoms with van der Waals surface area (Å²) >= 11 is 2.00. The number of hydrogen-bond acceptors (Lipinski definition) is 2. The molecule has 1 atom stereocenters. The Morgan fingerprint density at radius 3 is 2.78 bits per heavy atom. The highest BCUT2D eigenvalue weighted by Gasteiger charge is 2.21. The van der Waals surface area contributed by atoms with Gasteiger partial charge in [-0.1, -0.05) is 24.3 Å². The van der Waals surface area contributed by atoms with E-state index in [9.17, 15) is 0 Å². The lowest BCUT2D eigenvalue weighted by atomic mass is 10.00. The van der Waals surface area contributed by atoms with Gasteiger partial charge in [0, 0.05) is 9.75 Å². The molecule has 1 aliphatic rings. The number of rotatable bonds is 3. The molecule has 1 N–H and O–H groups in total. The van der Waals surface area contributed by atoms with Crippen LogP contribution < -0.4 is 5.32 Å². The van der Waals surface area contributed by atoms with E-state index in [-0.39, 0.29) is 0 Å². The topological polar surface area (TPSA) is 12.0 Å². The van der Waals surface area contributed by atoms with E-state index in [1.165, 1.54) is 35.3 Å². The minimum atomic E-state index is 0.349. The zero-order valence-electron chi connectivity index (χ0n) is 11.0. The molecule has 1 aromatic heterocycles. The summed E-state index contributed by atoms with van der Waals surface area (Å²) < 4.78 is 0. The molecule has 2 aromatic rings. The summed E-state index contributed by atoms with van der Waals surface area (Å²) in [5.74, 6) is 0. The fourth-order valence-corrected chi connectivity index (χ4v) is 4.24. The summed E-state index contributed by atoms with van der Waals surface area (Å²) in [6, 6.07) is 11.4. The highest BCUT2D eigenvalue weighted by Crippen LogP contribution is 2.36. The maximum Gasteiger partial charge on any atom is 0.0671 e. The van der Waals surface area contributed by atoms with Gasteiger partial charge in [-0.25, -0.2) is 0 Å². The van der Waals surface area contributed by atoms with Crippen LogP contribution in [-0.4, -0.2) is 7.05 Å². The Kier molecular flexibility index (Phi) is 3.23. The highest BCUT2D eigenvalue weighted by molar-refractivity contribution is 7.12. The second-order valence-electron chi connectivity index (χ2n) is 5.03. The molecule has 0 amide bonds. The van der Waals surface area contributed by atoms with Crippen molar-refractivity contribution in [3.05, 3.63) is 56.8 Å². The number of thiophene rings is 1. The largest absolute Gasteiger partial charge is 0.309 e. The van der Waals surface area contributed by atoms with Crippen molar-refractivity contribution in [1.29, 1.82) is 0 Å². The molecule has 0 fully saturated rings. The minimum Gasteiger partial charge on any atom is -0.309 e. The molecular formula is C16H19NS. The average molecular weight is 257 g/mol. The standard InChI is InChI=1S/C16H19NS/c1-11-6-3-4-8-13(11)16(17-2)15-10-12-7-5-9-14(12)18-15/h3-4,6,8,10,16-17H,5,7,9H2,1-2H3. The Morgan fingerprint density at radius 2 is 2.06 bits per heavy atom. The summed E-state index contributed by atoms with van der Waals surface area (Å²) in [5, 5.41) is 3.47. The van der Waals surface area contributed by atoms with Crippen molar-refractivity contribution in [2.24, 2.45) is 0 Å². The van der Waals surface area contributed by atoms with Crippen LogP contribution in [-0.2, 0) is 12.8 Å². The zero-order chi connectivity index (χ0) is 12.5. The van der Waals surface area contributed by atoms with Crippen LogP contribution in [0, 0.1) is 6.92 Å². The summed E-state index contributed by atoms with van der Waals surface area (Å²) in [5.41, 5.74) is 4.36. The summed E-state index contributed by atoms with van der Waals surface area (Å²) in [6.45, 7) is 2.20. The summed E-state index contributed by atoms with van der Waals surface area (Å²) in [4.78, 5) is 3.08. The molecule has 1 aromatic carbocycles. The fraction of sp³-hybridized carbons (Fsp3) is 0.375. The van der Waals surface area contributed by atoms with Crippen molar-refractivity contribution >= 4 is 11.3 Å². The Bertz CT molecular complexity index is 534. The number of hydrogen-bond donors (Lipinski definition) is 1. The number of benzene rings is 1. The SMILES string of the molecule is CNC(c1cc2c(s1)CCC2)c1ccccc1C. The fourth-order valence-electron chi connectivity index (χ4n) is 2.86. The van der Waals surface area contributed by atoms with Crippen LogP contribution in [0.15, 0.2) is 30.3 Å². The van der Waals surface area contributed by atoms with Crippen LogP contribution >= 0.6 is 11.3 Å². The van der Waals surface area contributed by atoms with E-state index in [1.54, 1.807) is 10.4 Å². The smallest absolute Gasteiger partial charge is 0.0671 e. The molecule has 1 unspecified atom stereocenters. The molecule has 18 heavy (non-hydrogen) atoms. The molecule has 94 valence electrons. The Balaban J connectivity index is 1.99. The molecule has 0 saturated heterocycles. The quantitative estimate of drug-likeness (QED) is 0.880. The third-order valence-electron chi connectivity index (χ3n) is 3.84. The van der Waals surface area contributed by atoms with E-state index in [1.807, 2.05) is 11.3 Å². The van der Waals surface area contributed by atoms with Crippen LogP contribution in [0.25, 0.3) is 0 Å². The molecule has 1 aliphatic carbocycles. The number of fused-ring (bicyclic) bond motifs is 1. The van der Waals surface area contributed by atoms with Crippen LogP contribution in [0.5, 0.6) is 0 Å². The van der Waals surface area contributed by atoms with Crippen LogP contribution in [0.1, 0.15) is 38.9 Å². The van der Waals surface area contributed by atoms with Gasteiger partial charge in [0.2, 0.25) is 0 Å². The molecule has 0 radical (unpaired) electrons. The predicted octanol–water partition coefficient (Wildman–Crippen LogP) is 3.85. The normalized spacial score (nSPS) is 15.7. The lowest BCUT2D eigenvalue weighted by Gasteiger charge is -2.17. The number of aryl methyl sites for hydroxylation is 3. The van der Waals surface area contributed by atoms with E-state index in [0.717, 1.165) is 0 Å². The first kappa shape index (κ1) is 11.9. The Morgan fingerprint density at radius 1 is 1.22 bits per heavy atom. The van der Waals surface area contributed by atoms with Gasteiger partial charge in [0.25, 0.3) is 0 Å². The minimum absolute atomic E-state index is 0.349. The molecule has 0 bridgehead atoms. The lowest BCUT2D eigenvalue weighted by molar-refractivity contribution is 0.698. The van der Waals surface area contributed by atoms with Gasteiger partial charge in [-0.15, -0.1) is 11.3 Å².